The van der Waals surface area contributed by atoms with E-state index in [4.69, 9.17) is 0 Å². The standard InChI is InChI=1S/C32H36/c1-2-3-18-29(21-12-17-26-13-6-4-7-14-26)32(24-27-15-8-5-9-16-27)31-23-22-28-19-10-11-20-30(28)25-31/h4-11,13-16,19-20,22-23,25,29,32H,2-3,12,17-18,21,24H2,1H3. The summed E-state index contributed by atoms with van der Waals surface area (Å²) in [5.41, 5.74) is 4.43. The monoisotopic (exact) mass is 420 g/mol. The minimum atomic E-state index is 0.560. The van der Waals surface area contributed by atoms with Crippen LogP contribution in [0.4, 0.5) is 0 Å². The molecule has 4 aromatic carbocycles. The third-order valence-corrected chi connectivity index (χ3v) is 6.88. The van der Waals surface area contributed by atoms with Gasteiger partial charge < -0.3 is 0 Å². The summed E-state index contributed by atoms with van der Waals surface area (Å²) in [4.78, 5) is 0. The van der Waals surface area contributed by atoms with E-state index in [-0.39, 0.29) is 0 Å². The second-order valence-electron chi connectivity index (χ2n) is 9.18. The molecule has 4 aromatic rings. The van der Waals surface area contributed by atoms with Crippen molar-refractivity contribution in [2.75, 3.05) is 0 Å². The molecule has 32 heavy (non-hydrogen) atoms. The SMILES string of the molecule is CCCCC(CCCc1ccccc1)C(Cc1ccccc1)c1ccc2ccccc2c1. The lowest BCUT2D eigenvalue weighted by atomic mass is 9.76. The van der Waals surface area contributed by atoms with Crippen LogP contribution in [0.25, 0.3) is 10.8 Å². The topological polar surface area (TPSA) is 0 Å². The molecule has 2 unspecified atom stereocenters. The van der Waals surface area contributed by atoms with Crippen LogP contribution in [0.1, 0.15) is 61.6 Å². The van der Waals surface area contributed by atoms with Gasteiger partial charge in [0, 0.05) is 0 Å². The summed E-state index contributed by atoms with van der Waals surface area (Å²) < 4.78 is 0. The molecule has 164 valence electrons. The van der Waals surface area contributed by atoms with E-state index < -0.39 is 0 Å². The van der Waals surface area contributed by atoms with Crippen LogP contribution in [-0.4, -0.2) is 0 Å². The lowest BCUT2D eigenvalue weighted by molar-refractivity contribution is 0.348. The van der Waals surface area contributed by atoms with E-state index in [1.54, 1.807) is 0 Å². The number of unbranched alkanes of at least 4 members (excludes halogenated alkanes) is 1. The molecule has 2 atom stereocenters. The van der Waals surface area contributed by atoms with Gasteiger partial charge in [0.2, 0.25) is 0 Å². The molecule has 0 fully saturated rings. The van der Waals surface area contributed by atoms with E-state index in [0.717, 1.165) is 6.42 Å². The molecule has 0 heterocycles. The van der Waals surface area contributed by atoms with Crippen LogP contribution in [0.3, 0.4) is 0 Å². The molecule has 0 bridgehead atoms. The van der Waals surface area contributed by atoms with E-state index in [0.29, 0.717) is 11.8 Å². The van der Waals surface area contributed by atoms with Crippen molar-refractivity contribution in [3.05, 3.63) is 120 Å². The summed E-state index contributed by atoms with van der Waals surface area (Å²) >= 11 is 0. The number of fused-ring (bicyclic) bond motifs is 1. The second kappa shape index (κ2) is 11.7. The van der Waals surface area contributed by atoms with Crippen LogP contribution in [0.15, 0.2) is 103 Å². The Morgan fingerprint density at radius 1 is 0.594 bits per heavy atom. The highest BCUT2D eigenvalue weighted by atomic mass is 14.3. The summed E-state index contributed by atoms with van der Waals surface area (Å²) in [6.45, 7) is 2.32. The fraction of sp³-hybridized carbons (Fsp3) is 0.312. The highest BCUT2D eigenvalue weighted by Crippen LogP contribution is 2.36. The average molecular weight is 421 g/mol. The Bertz CT molecular complexity index is 1060. The van der Waals surface area contributed by atoms with Crippen molar-refractivity contribution in [2.45, 2.75) is 57.8 Å². The van der Waals surface area contributed by atoms with E-state index >= 15 is 0 Å². The first-order valence-corrected chi connectivity index (χ1v) is 12.4. The third-order valence-electron chi connectivity index (χ3n) is 6.88. The lowest BCUT2D eigenvalue weighted by Crippen LogP contribution is -2.17. The van der Waals surface area contributed by atoms with Gasteiger partial charge in [0.15, 0.2) is 0 Å². The van der Waals surface area contributed by atoms with Crippen molar-refractivity contribution in [1.29, 1.82) is 0 Å². The van der Waals surface area contributed by atoms with Gasteiger partial charge in [0.25, 0.3) is 0 Å². The first-order chi connectivity index (χ1) is 15.8. The predicted molar refractivity (Wildman–Crippen MR) is 139 cm³/mol. The van der Waals surface area contributed by atoms with Crippen molar-refractivity contribution in [2.24, 2.45) is 5.92 Å². The smallest absolute Gasteiger partial charge is 0.00929 e. The summed E-state index contributed by atoms with van der Waals surface area (Å²) in [5.74, 6) is 1.27. The van der Waals surface area contributed by atoms with Gasteiger partial charge in [-0.05, 0) is 71.4 Å². The number of aryl methyl sites for hydroxylation is 1. The van der Waals surface area contributed by atoms with Crippen LogP contribution in [0.5, 0.6) is 0 Å². The minimum Gasteiger partial charge on any atom is -0.0654 e. The van der Waals surface area contributed by atoms with Gasteiger partial charge in [0.05, 0.1) is 0 Å². The van der Waals surface area contributed by atoms with Gasteiger partial charge in [-0.3, -0.25) is 0 Å². The normalized spacial score (nSPS) is 13.2. The summed E-state index contributed by atoms with van der Waals surface area (Å²) in [6.07, 6.45) is 8.75. The van der Waals surface area contributed by atoms with E-state index in [2.05, 4.69) is 110 Å². The van der Waals surface area contributed by atoms with Crippen molar-refractivity contribution in [3.63, 3.8) is 0 Å². The summed E-state index contributed by atoms with van der Waals surface area (Å²) in [6, 6.07) is 38.0. The van der Waals surface area contributed by atoms with Gasteiger partial charge in [-0.2, -0.15) is 0 Å². The molecular weight excluding hydrogens is 384 g/mol. The second-order valence-corrected chi connectivity index (χ2v) is 9.18. The molecule has 0 saturated carbocycles. The zero-order chi connectivity index (χ0) is 22.0. The Morgan fingerprint density at radius 2 is 1.22 bits per heavy atom. The van der Waals surface area contributed by atoms with E-state index in [1.165, 1.54) is 66.0 Å². The van der Waals surface area contributed by atoms with Crippen molar-refractivity contribution < 1.29 is 0 Å². The largest absolute Gasteiger partial charge is 0.0654 e. The molecule has 0 aliphatic carbocycles. The zero-order valence-electron chi connectivity index (χ0n) is 19.4. The fourth-order valence-electron chi connectivity index (χ4n) is 5.09. The van der Waals surface area contributed by atoms with E-state index in [1.807, 2.05) is 0 Å². The number of rotatable bonds is 11. The molecule has 0 radical (unpaired) electrons. The molecule has 0 N–H and O–H groups in total. The lowest BCUT2D eigenvalue weighted by Gasteiger charge is -2.29. The summed E-state index contributed by atoms with van der Waals surface area (Å²) in [7, 11) is 0. The minimum absolute atomic E-state index is 0.560. The van der Waals surface area contributed by atoms with Crippen LogP contribution in [-0.2, 0) is 12.8 Å². The molecule has 0 aromatic heterocycles. The molecule has 0 spiro atoms. The predicted octanol–water partition coefficient (Wildman–Crippen LogP) is 9.00. The quantitative estimate of drug-likeness (QED) is 0.227. The van der Waals surface area contributed by atoms with Crippen molar-refractivity contribution in [3.8, 4) is 0 Å². The van der Waals surface area contributed by atoms with Gasteiger partial charge in [0.1, 0.15) is 0 Å². The maximum atomic E-state index is 2.46. The highest BCUT2D eigenvalue weighted by molar-refractivity contribution is 5.83. The summed E-state index contributed by atoms with van der Waals surface area (Å²) in [5, 5.41) is 2.70. The number of hydrogen-bond donors (Lipinski definition) is 0. The van der Waals surface area contributed by atoms with Crippen molar-refractivity contribution in [1.82, 2.24) is 0 Å². The first-order valence-electron chi connectivity index (χ1n) is 12.4. The molecular formula is C32H36. The van der Waals surface area contributed by atoms with Crippen LogP contribution < -0.4 is 0 Å². The maximum absolute atomic E-state index is 2.46. The molecule has 0 saturated heterocycles. The van der Waals surface area contributed by atoms with Crippen LogP contribution >= 0.6 is 0 Å². The van der Waals surface area contributed by atoms with Crippen LogP contribution in [0, 0.1) is 5.92 Å². The first kappa shape index (κ1) is 22.3. The Labute approximate surface area is 194 Å². The molecule has 0 heteroatoms. The average Bonchev–Trinajstić information content (AvgIpc) is 2.86. The molecule has 0 nitrogen and oxygen atoms in total. The third kappa shape index (κ3) is 6.10. The van der Waals surface area contributed by atoms with Crippen molar-refractivity contribution >= 4 is 10.8 Å². The molecule has 4 rings (SSSR count). The van der Waals surface area contributed by atoms with Gasteiger partial charge in [-0.15, -0.1) is 0 Å². The molecule has 0 amide bonds. The Hall–Kier alpha value is -2.86. The Kier molecular flexibility index (Phi) is 8.15. The fourth-order valence-corrected chi connectivity index (χ4v) is 5.09. The van der Waals surface area contributed by atoms with Gasteiger partial charge >= 0.3 is 0 Å². The molecule has 0 aliphatic rings. The Morgan fingerprint density at radius 3 is 1.94 bits per heavy atom. The maximum Gasteiger partial charge on any atom is -0.00929 e. The van der Waals surface area contributed by atoms with Crippen LogP contribution in [0.2, 0.25) is 0 Å². The molecule has 0 aliphatic heterocycles. The van der Waals surface area contributed by atoms with Gasteiger partial charge in [-0.25, -0.2) is 0 Å². The van der Waals surface area contributed by atoms with E-state index in [9.17, 15) is 0 Å². The van der Waals surface area contributed by atoms with Gasteiger partial charge in [-0.1, -0.05) is 123 Å². The number of hydrogen-bond acceptors (Lipinski definition) is 0. The highest BCUT2D eigenvalue weighted by Gasteiger charge is 2.23. The Balaban J connectivity index is 1.60. The zero-order valence-corrected chi connectivity index (χ0v) is 19.4. The number of benzene rings is 4.